The number of aromatic amines is 1. The molecule has 0 radical (unpaired) electrons. The van der Waals surface area contributed by atoms with E-state index in [1.807, 2.05) is 30.5 Å². The number of carbonyl (C=O) groups excluding carboxylic acids is 2. The topological polar surface area (TPSA) is 95.6 Å². The Morgan fingerprint density at radius 1 is 0.968 bits per heavy atom. The number of aromatic nitrogens is 1. The fraction of sp³-hybridized carbons (Fsp3) is 0.0417. The van der Waals surface area contributed by atoms with Gasteiger partial charge >= 0.3 is 0 Å². The fourth-order valence-electron chi connectivity index (χ4n) is 3.17. The Kier molecular flexibility index (Phi) is 5.75. The van der Waals surface area contributed by atoms with E-state index in [0.29, 0.717) is 22.6 Å². The zero-order chi connectivity index (χ0) is 21.6. The Hall–Kier alpha value is -4.39. The summed E-state index contributed by atoms with van der Waals surface area (Å²) in [6.45, 7) is 0. The van der Waals surface area contributed by atoms with Crippen molar-refractivity contribution in [1.29, 1.82) is 0 Å². The summed E-state index contributed by atoms with van der Waals surface area (Å²) in [5.41, 5.74) is 5.47. The Morgan fingerprint density at radius 2 is 1.77 bits per heavy atom. The minimum absolute atomic E-state index is 0.301. The van der Waals surface area contributed by atoms with Gasteiger partial charge in [-0.15, -0.1) is 0 Å². The summed E-state index contributed by atoms with van der Waals surface area (Å²) in [7, 11) is 1.54. The van der Waals surface area contributed by atoms with E-state index in [4.69, 9.17) is 4.74 Å². The van der Waals surface area contributed by atoms with E-state index in [2.05, 4.69) is 20.8 Å². The van der Waals surface area contributed by atoms with Crippen LogP contribution in [0.1, 0.15) is 26.3 Å². The minimum Gasteiger partial charge on any atom is -0.497 e. The summed E-state index contributed by atoms with van der Waals surface area (Å²) < 4.78 is 5.16. The number of fused-ring (bicyclic) bond motifs is 1. The number of hydrazone groups is 1. The van der Waals surface area contributed by atoms with Gasteiger partial charge in [0.15, 0.2) is 0 Å². The molecule has 4 rings (SSSR count). The third kappa shape index (κ3) is 4.45. The number of ether oxygens (including phenoxy) is 1. The van der Waals surface area contributed by atoms with Gasteiger partial charge in [-0.25, -0.2) is 5.43 Å². The molecule has 0 aliphatic rings. The van der Waals surface area contributed by atoms with Crippen LogP contribution in [0.3, 0.4) is 0 Å². The molecule has 31 heavy (non-hydrogen) atoms. The van der Waals surface area contributed by atoms with Crippen LogP contribution in [0.25, 0.3) is 10.9 Å². The van der Waals surface area contributed by atoms with E-state index in [1.165, 1.54) is 7.11 Å². The van der Waals surface area contributed by atoms with E-state index in [1.54, 1.807) is 54.7 Å². The molecule has 0 spiro atoms. The van der Waals surface area contributed by atoms with Crippen molar-refractivity contribution < 1.29 is 14.3 Å². The molecule has 0 unspecified atom stereocenters. The number of hydrogen-bond donors (Lipinski definition) is 3. The SMILES string of the molecule is COc1cccc(C(=O)Nc2ccccc2C(=O)N/N=C/c2c[nH]c3ccccc23)c1. The maximum atomic E-state index is 12.7. The first-order valence-corrected chi connectivity index (χ1v) is 9.59. The number of para-hydroxylation sites is 2. The third-order valence-electron chi connectivity index (χ3n) is 4.74. The molecule has 7 heteroatoms. The zero-order valence-corrected chi connectivity index (χ0v) is 16.8. The summed E-state index contributed by atoms with van der Waals surface area (Å²) in [6, 6.07) is 21.3. The van der Waals surface area contributed by atoms with Gasteiger partial charge in [-0.2, -0.15) is 5.10 Å². The standard InChI is InChI=1S/C24H20N4O3/c1-31-18-8-6-7-16(13-18)23(29)27-22-12-5-3-10-20(22)24(30)28-26-15-17-14-25-21-11-4-2-9-19(17)21/h2-15,25H,1H3,(H,27,29)(H,28,30)/b26-15+. The quantitative estimate of drug-likeness (QED) is 0.327. The lowest BCUT2D eigenvalue weighted by molar-refractivity contribution is 0.0956. The van der Waals surface area contributed by atoms with Crippen LogP contribution in [0.15, 0.2) is 84.1 Å². The molecule has 0 fully saturated rings. The van der Waals surface area contributed by atoms with Gasteiger partial charge in [-0.05, 0) is 36.4 Å². The highest BCUT2D eigenvalue weighted by Gasteiger charge is 2.14. The molecular weight excluding hydrogens is 392 g/mol. The molecule has 0 aliphatic heterocycles. The van der Waals surface area contributed by atoms with Gasteiger partial charge in [0.05, 0.1) is 24.6 Å². The van der Waals surface area contributed by atoms with E-state index >= 15 is 0 Å². The molecule has 154 valence electrons. The van der Waals surface area contributed by atoms with Crippen molar-refractivity contribution in [3.8, 4) is 5.75 Å². The lowest BCUT2D eigenvalue weighted by Crippen LogP contribution is -2.21. The lowest BCUT2D eigenvalue weighted by Gasteiger charge is -2.10. The average molecular weight is 412 g/mol. The van der Waals surface area contributed by atoms with Crippen molar-refractivity contribution in [2.75, 3.05) is 12.4 Å². The summed E-state index contributed by atoms with van der Waals surface area (Å²) in [5.74, 6) is -0.204. The zero-order valence-electron chi connectivity index (χ0n) is 16.8. The maximum Gasteiger partial charge on any atom is 0.273 e. The minimum atomic E-state index is -0.433. The Morgan fingerprint density at radius 3 is 2.65 bits per heavy atom. The number of benzene rings is 3. The van der Waals surface area contributed by atoms with E-state index in [-0.39, 0.29) is 5.91 Å². The van der Waals surface area contributed by atoms with Gasteiger partial charge in [0.2, 0.25) is 0 Å². The number of anilines is 1. The maximum absolute atomic E-state index is 12.7. The Labute approximate surface area is 178 Å². The van der Waals surface area contributed by atoms with Crippen molar-refractivity contribution in [2.24, 2.45) is 5.10 Å². The van der Waals surface area contributed by atoms with Crippen LogP contribution in [0.5, 0.6) is 5.75 Å². The third-order valence-corrected chi connectivity index (χ3v) is 4.74. The first-order chi connectivity index (χ1) is 15.2. The molecule has 1 heterocycles. The molecule has 0 saturated heterocycles. The molecular formula is C24H20N4O3. The van der Waals surface area contributed by atoms with Gasteiger partial charge in [0.25, 0.3) is 11.8 Å². The Balaban J connectivity index is 1.48. The lowest BCUT2D eigenvalue weighted by atomic mass is 10.1. The summed E-state index contributed by atoms with van der Waals surface area (Å²) >= 11 is 0. The summed E-state index contributed by atoms with van der Waals surface area (Å²) in [4.78, 5) is 28.4. The van der Waals surface area contributed by atoms with Crippen LogP contribution >= 0.6 is 0 Å². The fourth-order valence-corrected chi connectivity index (χ4v) is 3.17. The number of methoxy groups -OCH3 is 1. The highest BCUT2D eigenvalue weighted by Crippen LogP contribution is 2.19. The number of hydrogen-bond acceptors (Lipinski definition) is 4. The van der Waals surface area contributed by atoms with Crippen LogP contribution < -0.4 is 15.5 Å². The van der Waals surface area contributed by atoms with Crippen molar-refractivity contribution in [1.82, 2.24) is 10.4 Å². The molecule has 0 bridgehead atoms. The number of nitrogens with one attached hydrogen (secondary N) is 3. The van der Waals surface area contributed by atoms with Crippen LogP contribution in [-0.2, 0) is 0 Å². The Bertz CT molecular complexity index is 1280. The van der Waals surface area contributed by atoms with Crippen molar-refractivity contribution in [2.45, 2.75) is 0 Å². The first kappa shape index (κ1) is 19.9. The molecule has 0 saturated carbocycles. The molecule has 3 aromatic carbocycles. The van der Waals surface area contributed by atoms with Gasteiger partial charge in [0.1, 0.15) is 5.75 Å². The molecule has 3 N–H and O–H groups in total. The first-order valence-electron chi connectivity index (χ1n) is 9.59. The van der Waals surface area contributed by atoms with Gasteiger partial charge < -0.3 is 15.0 Å². The second kappa shape index (κ2) is 8.96. The number of rotatable bonds is 6. The molecule has 1 aromatic heterocycles. The summed E-state index contributed by atoms with van der Waals surface area (Å²) in [6.07, 6.45) is 3.40. The van der Waals surface area contributed by atoms with Crippen molar-refractivity contribution >= 4 is 34.6 Å². The number of amides is 2. The highest BCUT2D eigenvalue weighted by molar-refractivity contribution is 6.09. The predicted octanol–water partition coefficient (Wildman–Crippen LogP) is 4.19. The summed E-state index contributed by atoms with van der Waals surface area (Å²) in [5, 5.41) is 7.85. The van der Waals surface area contributed by atoms with E-state index in [9.17, 15) is 9.59 Å². The molecule has 0 atom stereocenters. The number of carbonyl (C=O) groups is 2. The van der Waals surface area contributed by atoms with Crippen molar-refractivity contribution in [3.63, 3.8) is 0 Å². The van der Waals surface area contributed by atoms with E-state index < -0.39 is 5.91 Å². The number of nitrogens with zero attached hydrogens (tertiary/aromatic N) is 1. The average Bonchev–Trinajstić information content (AvgIpc) is 3.22. The van der Waals surface area contributed by atoms with E-state index in [0.717, 1.165) is 16.5 Å². The highest BCUT2D eigenvalue weighted by atomic mass is 16.5. The monoisotopic (exact) mass is 412 g/mol. The second-order valence-corrected chi connectivity index (χ2v) is 6.72. The predicted molar refractivity (Wildman–Crippen MR) is 121 cm³/mol. The van der Waals surface area contributed by atoms with Crippen LogP contribution in [0.4, 0.5) is 5.69 Å². The second-order valence-electron chi connectivity index (χ2n) is 6.72. The van der Waals surface area contributed by atoms with Crippen molar-refractivity contribution in [3.05, 3.63) is 95.7 Å². The molecule has 4 aromatic rings. The van der Waals surface area contributed by atoms with Crippen LogP contribution in [0.2, 0.25) is 0 Å². The molecule has 2 amide bonds. The number of H-pyrrole nitrogens is 1. The van der Waals surface area contributed by atoms with Gasteiger partial charge in [-0.1, -0.05) is 36.4 Å². The largest absolute Gasteiger partial charge is 0.497 e. The molecule has 0 aliphatic carbocycles. The van der Waals surface area contributed by atoms with Gasteiger partial charge in [0, 0.05) is 28.2 Å². The normalized spacial score (nSPS) is 10.9. The van der Waals surface area contributed by atoms with Crippen LogP contribution in [-0.4, -0.2) is 30.1 Å². The van der Waals surface area contributed by atoms with Gasteiger partial charge in [-0.3, -0.25) is 9.59 Å². The molecule has 7 nitrogen and oxygen atoms in total. The van der Waals surface area contributed by atoms with Crippen LogP contribution in [0, 0.1) is 0 Å². The smallest absolute Gasteiger partial charge is 0.273 e.